The second-order valence-corrected chi connectivity index (χ2v) is 6.10. The van der Waals surface area contributed by atoms with Crippen LogP contribution in [0.2, 0.25) is 0 Å². The molecule has 0 saturated heterocycles. The average Bonchev–Trinajstić information content (AvgIpc) is 2.41. The monoisotopic (exact) mass is 294 g/mol. The minimum Gasteiger partial charge on any atom is -0.326 e. The first kappa shape index (κ1) is 14.5. The van der Waals surface area contributed by atoms with Gasteiger partial charge in [0.2, 0.25) is 0 Å². The molecule has 0 aliphatic carbocycles. The third kappa shape index (κ3) is 3.15. The van der Waals surface area contributed by atoms with Crippen molar-refractivity contribution in [2.24, 2.45) is 5.73 Å². The zero-order chi connectivity index (χ0) is 14.8. The van der Waals surface area contributed by atoms with Gasteiger partial charge in [-0.05, 0) is 48.4 Å². The van der Waals surface area contributed by atoms with E-state index in [0.29, 0.717) is 12.2 Å². The Labute approximate surface area is 117 Å². The van der Waals surface area contributed by atoms with Gasteiger partial charge in [-0.2, -0.15) is 0 Å². The third-order valence-electron chi connectivity index (χ3n) is 2.91. The van der Waals surface area contributed by atoms with Crippen LogP contribution < -0.4 is 10.5 Å². The Morgan fingerprint density at radius 1 is 1.15 bits per heavy atom. The van der Waals surface area contributed by atoms with Crippen molar-refractivity contribution in [1.82, 2.24) is 0 Å². The Bertz CT molecular complexity index is 712. The Balaban J connectivity index is 2.35. The maximum atomic E-state index is 12.8. The predicted octanol–water partition coefficient (Wildman–Crippen LogP) is 2.39. The quantitative estimate of drug-likeness (QED) is 0.909. The van der Waals surface area contributed by atoms with E-state index in [1.165, 1.54) is 12.1 Å². The first-order chi connectivity index (χ1) is 9.42. The molecule has 3 N–H and O–H groups in total. The second kappa shape index (κ2) is 5.60. The number of nitrogens with one attached hydrogen (secondary N) is 1. The number of aryl methyl sites for hydroxylation is 1. The molecule has 6 heteroatoms. The first-order valence-corrected chi connectivity index (χ1v) is 7.48. The van der Waals surface area contributed by atoms with Gasteiger partial charge in [0.05, 0.1) is 10.6 Å². The maximum Gasteiger partial charge on any atom is 0.261 e. The van der Waals surface area contributed by atoms with Crippen molar-refractivity contribution < 1.29 is 12.8 Å². The lowest BCUT2D eigenvalue weighted by Crippen LogP contribution is -2.14. The molecule has 20 heavy (non-hydrogen) atoms. The molecule has 0 heterocycles. The number of benzene rings is 2. The summed E-state index contributed by atoms with van der Waals surface area (Å²) in [5.74, 6) is -0.481. The molecule has 2 aromatic rings. The van der Waals surface area contributed by atoms with Crippen LogP contribution in [0, 0.1) is 12.7 Å². The highest BCUT2D eigenvalue weighted by Gasteiger charge is 2.15. The number of sulfonamides is 1. The van der Waals surface area contributed by atoms with Crippen LogP contribution in [0.25, 0.3) is 0 Å². The summed E-state index contributed by atoms with van der Waals surface area (Å²) < 4.78 is 39.7. The highest BCUT2D eigenvalue weighted by atomic mass is 32.2. The zero-order valence-electron chi connectivity index (χ0n) is 10.9. The number of anilines is 1. The van der Waals surface area contributed by atoms with E-state index in [2.05, 4.69) is 4.72 Å². The van der Waals surface area contributed by atoms with Crippen LogP contribution in [0.1, 0.15) is 11.1 Å². The Hall–Kier alpha value is -1.92. The lowest BCUT2D eigenvalue weighted by atomic mass is 10.1. The van der Waals surface area contributed by atoms with Gasteiger partial charge in [0, 0.05) is 6.54 Å². The second-order valence-electron chi connectivity index (χ2n) is 4.41. The van der Waals surface area contributed by atoms with E-state index in [0.717, 1.165) is 23.3 Å². The van der Waals surface area contributed by atoms with Gasteiger partial charge in [-0.15, -0.1) is 0 Å². The predicted molar refractivity (Wildman–Crippen MR) is 76.3 cm³/mol. The molecule has 0 aliphatic rings. The molecule has 0 fully saturated rings. The van der Waals surface area contributed by atoms with Crippen molar-refractivity contribution in [3.63, 3.8) is 0 Å². The van der Waals surface area contributed by atoms with Gasteiger partial charge < -0.3 is 5.73 Å². The smallest absolute Gasteiger partial charge is 0.261 e. The van der Waals surface area contributed by atoms with E-state index in [1.54, 1.807) is 19.1 Å². The molecule has 0 amide bonds. The minimum absolute atomic E-state index is 0.0106. The molecule has 0 aromatic heterocycles. The van der Waals surface area contributed by atoms with Crippen LogP contribution in [-0.2, 0) is 16.6 Å². The molecular weight excluding hydrogens is 279 g/mol. The van der Waals surface area contributed by atoms with E-state index in [1.807, 2.05) is 6.07 Å². The third-order valence-corrected chi connectivity index (χ3v) is 4.29. The summed E-state index contributed by atoms with van der Waals surface area (Å²) in [5.41, 5.74) is 7.62. The molecule has 0 bridgehead atoms. The summed E-state index contributed by atoms with van der Waals surface area (Å²) in [6, 6.07) is 9.99. The molecule has 0 aliphatic heterocycles. The van der Waals surface area contributed by atoms with Crippen molar-refractivity contribution in [3.05, 3.63) is 59.4 Å². The molecule has 0 unspecified atom stereocenters. The number of rotatable bonds is 4. The van der Waals surface area contributed by atoms with E-state index < -0.39 is 15.8 Å². The van der Waals surface area contributed by atoms with E-state index in [9.17, 15) is 12.8 Å². The lowest BCUT2D eigenvalue weighted by molar-refractivity contribution is 0.599. The van der Waals surface area contributed by atoms with Crippen molar-refractivity contribution in [2.75, 3.05) is 4.72 Å². The maximum absolute atomic E-state index is 12.8. The summed E-state index contributed by atoms with van der Waals surface area (Å²) in [7, 11) is -3.74. The zero-order valence-corrected chi connectivity index (χ0v) is 11.7. The summed E-state index contributed by atoms with van der Waals surface area (Å²) in [6.45, 7) is 2.12. The lowest BCUT2D eigenvalue weighted by Gasteiger charge is -2.12. The van der Waals surface area contributed by atoms with Crippen molar-refractivity contribution in [3.8, 4) is 0 Å². The Morgan fingerprint density at radius 2 is 1.80 bits per heavy atom. The number of halogens is 1. The van der Waals surface area contributed by atoms with Gasteiger partial charge in [-0.3, -0.25) is 4.72 Å². The highest BCUT2D eigenvalue weighted by molar-refractivity contribution is 7.92. The first-order valence-electron chi connectivity index (χ1n) is 6.00. The molecule has 4 nitrogen and oxygen atoms in total. The molecule has 0 saturated carbocycles. The van der Waals surface area contributed by atoms with Crippen molar-refractivity contribution >= 4 is 15.7 Å². The fourth-order valence-electron chi connectivity index (χ4n) is 1.72. The van der Waals surface area contributed by atoms with Crippen molar-refractivity contribution in [1.29, 1.82) is 0 Å². The van der Waals surface area contributed by atoms with Gasteiger partial charge in [0.25, 0.3) is 10.0 Å². The largest absolute Gasteiger partial charge is 0.326 e. The molecule has 2 rings (SSSR count). The fourth-order valence-corrected chi connectivity index (χ4v) is 2.85. The molecule has 0 atom stereocenters. The topological polar surface area (TPSA) is 72.2 Å². The van der Waals surface area contributed by atoms with Gasteiger partial charge in [-0.1, -0.05) is 12.1 Å². The van der Waals surface area contributed by atoms with E-state index in [4.69, 9.17) is 5.73 Å². The molecule has 0 spiro atoms. The molecule has 106 valence electrons. The molecular formula is C14H15FN2O2S. The van der Waals surface area contributed by atoms with Crippen LogP contribution in [-0.4, -0.2) is 8.42 Å². The molecule has 0 radical (unpaired) electrons. The summed E-state index contributed by atoms with van der Waals surface area (Å²) in [6.07, 6.45) is 0. The van der Waals surface area contributed by atoms with Gasteiger partial charge in [0.1, 0.15) is 5.82 Å². The number of hydrogen-bond donors (Lipinski definition) is 2. The number of hydrogen-bond acceptors (Lipinski definition) is 3. The normalized spacial score (nSPS) is 11.3. The minimum atomic E-state index is -3.74. The standard InChI is InChI=1S/C14H15FN2O2S/c1-10-2-3-11(9-16)8-14(10)17-20(18,19)13-6-4-12(15)5-7-13/h2-8,17H,9,16H2,1H3. The van der Waals surface area contributed by atoms with Gasteiger partial charge in [-0.25, -0.2) is 12.8 Å². The summed E-state index contributed by atoms with van der Waals surface area (Å²) in [5, 5.41) is 0. The van der Waals surface area contributed by atoms with Gasteiger partial charge >= 0.3 is 0 Å². The summed E-state index contributed by atoms with van der Waals surface area (Å²) >= 11 is 0. The van der Waals surface area contributed by atoms with Crippen LogP contribution in [0.3, 0.4) is 0 Å². The molecule has 2 aromatic carbocycles. The Kier molecular flexibility index (Phi) is 4.06. The fraction of sp³-hybridized carbons (Fsp3) is 0.143. The van der Waals surface area contributed by atoms with Crippen molar-refractivity contribution in [2.45, 2.75) is 18.4 Å². The SMILES string of the molecule is Cc1ccc(CN)cc1NS(=O)(=O)c1ccc(F)cc1. The average molecular weight is 294 g/mol. The van der Waals surface area contributed by atoms with E-state index >= 15 is 0 Å². The van der Waals surface area contributed by atoms with Crippen LogP contribution in [0.4, 0.5) is 10.1 Å². The summed E-state index contributed by atoms with van der Waals surface area (Å²) in [4.78, 5) is 0.0106. The number of nitrogens with two attached hydrogens (primary N) is 1. The van der Waals surface area contributed by atoms with Crippen LogP contribution >= 0.6 is 0 Å². The van der Waals surface area contributed by atoms with E-state index in [-0.39, 0.29) is 4.90 Å². The van der Waals surface area contributed by atoms with Gasteiger partial charge in [0.15, 0.2) is 0 Å². The highest BCUT2D eigenvalue weighted by Crippen LogP contribution is 2.21. The van der Waals surface area contributed by atoms with Crippen LogP contribution in [0.15, 0.2) is 47.4 Å². The van der Waals surface area contributed by atoms with Crippen LogP contribution in [0.5, 0.6) is 0 Å². The Morgan fingerprint density at radius 3 is 2.40 bits per heavy atom.